The van der Waals surface area contributed by atoms with Crippen LogP contribution in [0.2, 0.25) is 0 Å². The average molecular weight is 422 g/mol. The molecule has 0 unspecified atom stereocenters. The maximum absolute atomic E-state index is 11.6. The van der Waals surface area contributed by atoms with Gasteiger partial charge in [0.2, 0.25) is 5.91 Å². The van der Waals surface area contributed by atoms with E-state index in [1.807, 2.05) is 54.3 Å². The van der Waals surface area contributed by atoms with Crippen LogP contribution in [0.15, 0.2) is 67.0 Å². The second-order valence-electron chi connectivity index (χ2n) is 8.29. The highest BCUT2D eigenvalue weighted by molar-refractivity contribution is 5.98. The third-order valence-electron chi connectivity index (χ3n) is 5.75. The van der Waals surface area contributed by atoms with Crippen LogP contribution in [0.1, 0.15) is 41.4 Å². The number of primary amides is 1. The first kappa shape index (κ1) is 19.9. The summed E-state index contributed by atoms with van der Waals surface area (Å²) in [6.45, 7) is 6.20. The number of hydrogen-bond acceptors (Lipinski definition) is 4. The van der Waals surface area contributed by atoms with Gasteiger partial charge in [-0.15, -0.1) is 0 Å². The van der Waals surface area contributed by atoms with Gasteiger partial charge in [-0.3, -0.25) is 9.78 Å². The number of amides is 1. The van der Waals surface area contributed by atoms with Crippen LogP contribution in [0.3, 0.4) is 0 Å². The molecule has 2 N–H and O–H groups in total. The SMILES string of the molecule is Cc1cc(C(N)=O)ccc1-n1nc(C(C)C)c2c(-c3cnc4ccccc4c3)ccnc21. The van der Waals surface area contributed by atoms with E-state index in [2.05, 4.69) is 31.0 Å². The Balaban J connectivity index is 1.77. The van der Waals surface area contributed by atoms with Crippen molar-refractivity contribution in [2.24, 2.45) is 5.73 Å². The fourth-order valence-corrected chi connectivity index (χ4v) is 4.15. The van der Waals surface area contributed by atoms with E-state index in [1.54, 1.807) is 12.1 Å². The third kappa shape index (κ3) is 3.21. The van der Waals surface area contributed by atoms with Crippen molar-refractivity contribution in [3.05, 3.63) is 83.8 Å². The smallest absolute Gasteiger partial charge is 0.248 e. The lowest BCUT2D eigenvalue weighted by Gasteiger charge is -2.09. The van der Waals surface area contributed by atoms with Gasteiger partial charge in [-0.1, -0.05) is 32.0 Å². The van der Waals surface area contributed by atoms with Crippen molar-refractivity contribution in [1.82, 2.24) is 19.7 Å². The molecule has 0 aliphatic rings. The number of rotatable bonds is 4. The Morgan fingerprint density at radius 3 is 2.59 bits per heavy atom. The molecule has 158 valence electrons. The monoisotopic (exact) mass is 421 g/mol. The number of nitrogens with two attached hydrogens (primary N) is 1. The normalized spacial score (nSPS) is 11.5. The molecule has 6 heteroatoms. The molecule has 0 saturated carbocycles. The first-order chi connectivity index (χ1) is 15.4. The number of carbonyl (C=O) groups is 1. The summed E-state index contributed by atoms with van der Waals surface area (Å²) in [5.74, 6) is -0.252. The highest BCUT2D eigenvalue weighted by Crippen LogP contribution is 2.35. The molecule has 2 aromatic carbocycles. The summed E-state index contributed by atoms with van der Waals surface area (Å²) >= 11 is 0. The predicted molar refractivity (Wildman–Crippen MR) is 127 cm³/mol. The zero-order chi connectivity index (χ0) is 22.4. The predicted octanol–water partition coefficient (Wildman–Crippen LogP) is 5.17. The van der Waals surface area contributed by atoms with Crippen LogP contribution >= 0.6 is 0 Å². The number of hydrogen-bond donors (Lipinski definition) is 1. The van der Waals surface area contributed by atoms with E-state index < -0.39 is 5.91 Å². The van der Waals surface area contributed by atoms with Crippen LogP contribution in [0.4, 0.5) is 0 Å². The van der Waals surface area contributed by atoms with Crippen LogP contribution in [-0.4, -0.2) is 25.7 Å². The zero-order valence-electron chi connectivity index (χ0n) is 18.2. The number of fused-ring (bicyclic) bond motifs is 2. The molecule has 0 fully saturated rings. The molecule has 0 aliphatic carbocycles. The topological polar surface area (TPSA) is 86.7 Å². The van der Waals surface area contributed by atoms with Gasteiger partial charge in [-0.05, 0) is 60.4 Å². The maximum atomic E-state index is 11.6. The van der Waals surface area contributed by atoms with Crippen LogP contribution in [0.5, 0.6) is 0 Å². The number of carbonyl (C=O) groups excluding carboxylic acids is 1. The summed E-state index contributed by atoms with van der Waals surface area (Å²) in [7, 11) is 0. The maximum Gasteiger partial charge on any atom is 0.248 e. The molecule has 5 aromatic rings. The standard InChI is InChI=1S/C26H23N5O/c1-15(2)24-23-20(19-13-17-6-4-5-7-21(17)29-14-19)10-11-28-26(23)31(30-24)22-9-8-18(25(27)32)12-16(22)3/h4-15H,1-3H3,(H2,27,32). The Bertz CT molecular complexity index is 1500. The van der Waals surface area contributed by atoms with Crippen molar-refractivity contribution in [3.63, 3.8) is 0 Å². The molecule has 0 bridgehead atoms. The lowest BCUT2D eigenvalue weighted by atomic mass is 9.98. The van der Waals surface area contributed by atoms with Crippen LogP contribution in [0.25, 0.3) is 38.8 Å². The van der Waals surface area contributed by atoms with Crippen LogP contribution < -0.4 is 5.73 Å². The van der Waals surface area contributed by atoms with Crippen molar-refractivity contribution in [1.29, 1.82) is 0 Å². The van der Waals surface area contributed by atoms with Crippen molar-refractivity contribution in [2.75, 3.05) is 0 Å². The van der Waals surface area contributed by atoms with Gasteiger partial charge in [0.15, 0.2) is 5.65 Å². The van der Waals surface area contributed by atoms with Crippen molar-refractivity contribution < 1.29 is 4.79 Å². The van der Waals surface area contributed by atoms with E-state index in [1.165, 1.54) is 0 Å². The lowest BCUT2D eigenvalue weighted by Crippen LogP contribution is -2.12. The molecule has 5 rings (SSSR count). The third-order valence-corrected chi connectivity index (χ3v) is 5.75. The van der Waals surface area contributed by atoms with E-state index in [9.17, 15) is 4.79 Å². The van der Waals surface area contributed by atoms with Gasteiger partial charge in [0, 0.05) is 28.9 Å². The molecule has 32 heavy (non-hydrogen) atoms. The van der Waals surface area contributed by atoms with Gasteiger partial charge in [-0.25, -0.2) is 9.67 Å². The molecule has 3 aromatic heterocycles. The number of aryl methyl sites for hydroxylation is 1. The van der Waals surface area contributed by atoms with E-state index >= 15 is 0 Å². The van der Waals surface area contributed by atoms with Gasteiger partial charge in [0.05, 0.1) is 22.3 Å². The Morgan fingerprint density at radius 2 is 1.84 bits per heavy atom. The zero-order valence-corrected chi connectivity index (χ0v) is 18.2. The summed E-state index contributed by atoms with van der Waals surface area (Å²) in [5, 5.41) is 7.06. The Morgan fingerprint density at radius 1 is 1.03 bits per heavy atom. The largest absolute Gasteiger partial charge is 0.366 e. The number of para-hydroxylation sites is 1. The number of aromatic nitrogens is 4. The molecule has 1 amide bonds. The van der Waals surface area contributed by atoms with Gasteiger partial charge < -0.3 is 5.73 Å². The second-order valence-corrected chi connectivity index (χ2v) is 8.29. The van der Waals surface area contributed by atoms with E-state index in [-0.39, 0.29) is 5.92 Å². The van der Waals surface area contributed by atoms with E-state index in [0.29, 0.717) is 5.56 Å². The van der Waals surface area contributed by atoms with E-state index in [4.69, 9.17) is 15.8 Å². The first-order valence-corrected chi connectivity index (χ1v) is 10.6. The average Bonchev–Trinajstić information content (AvgIpc) is 3.18. The summed E-state index contributed by atoms with van der Waals surface area (Å²) in [4.78, 5) is 20.9. The summed E-state index contributed by atoms with van der Waals surface area (Å²) < 4.78 is 1.86. The minimum Gasteiger partial charge on any atom is -0.366 e. The molecule has 0 radical (unpaired) electrons. The Labute approximate surface area is 185 Å². The molecule has 0 aliphatic heterocycles. The van der Waals surface area contributed by atoms with Crippen molar-refractivity contribution >= 4 is 27.8 Å². The number of nitrogens with zero attached hydrogens (tertiary/aromatic N) is 4. The molecule has 6 nitrogen and oxygen atoms in total. The molecular weight excluding hydrogens is 398 g/mol. The number of benzene rings is 2. The lowest BCUT2D eigenvalue weighted by molar-refractivity contribution is 0.1000. The van der Waals surface area contributed by atoms with E-state index in [0.717, 1.165) is 50.0 Å². The summed E-state index contributed by atoms with van der Waals surface area (Å²) in [5.41, 5.74) is 12.5. The molecule has 3 heterocycles. The fraction of sp³-hybridized carbons (Fsp3) is 0.154. The molecule has 0 saturated heterocycles. The number of pyridine rings is 2. The second kappa shape index (κ2) is 7.57. The summed E-state index contributed by atoms with van der Waals surface area (Å²) in [6.07, 6.45) is 3.72. The van der Waals surface area contributed by atoms with Gasteiger partial charge in [0.1, 0.15) is 0 Å². The molecule has 0 spiro atoms. The minimum atomic E-state index is -0.447. The van der Waals surface area contributed by atoms with Crippen molar-refractivity contribution in [2.45, 2.75) is 26.7 Å². The van der Waals surface area contributed by atoms with Crippen LogP contribution in [-0.2, 0) is 0 Å². The van der Waals surface area contributed by atoms with Gasteiger partial charge >= 0.3 is 0 Å². The molecule has 0 atom stereocenters. The van der Waals surface area contributed by atoms with Gasteiger partial charge in [0.25, 0.3) is 0 Å². The minimum absolute atomic E-state index is 0.195. The fourth-order valence-electron chi connectivity index (χ4n) is 4.15. The first-order valence-electron chi connectivity index (χ1n) is 10.6. The molecular formula is C26H23N5O. The van der Waals surface area contributed by atoms with Crippen LogP contribution in [0, 0.1) is 6.92 Å². The Kier molecular flexibility index (Phi) is 4.70. The van der Waals surface area contributed by atoms with Crippen molar-refractivity contribution in [3.8, 4) is 16.8 Å². The quantitative estimate of drug-likeness (QED) is 0.434. The van der Waals surface area contributed by atoms with Gasteiger partial charge in [-0.2, -0.15) is 5.10 Å². The Hall–Kier alpha value is -4.06. The highest BCUT2D eigenvalue weighted by Gasteiger charge is 2.21. The summed E-state index contributed by atoms with van der Waals surface area (Å²) in [6, 6.07) is 17.7. The highest BCUT2D eigenvalue weighted by atomic mass is 16.1.